The number of urea groups is 1. The third-order valence-corrected chi connectivity index (χ3v) is 5.44. The zero-order valence-corrected chi connectivity index (χ0v) is 17.2. The topological polar surface area (TPSA) is 70.1 Å². The Hall–Kier alpha value is -1.90. The fraction of sp³-hybridized carbons (Fsp3) is 0.222. The molecule has 1 unspecified atom stereocenters. The minimum atomic E-state index is -2.16. The van der Waals surface area contributed by atoms with Gasteiger partial charge < -0.3 is 9.84 Å². The van der Waals surface area contributed by atoms with Gasteiger partial charge >= 0.3 is 12.0 Å². The Bertz CT molecular complexity index is 841. The summed E-state index contributed by atoms with van der Waals surface area (Å²) in [7, 11) is 1.18. The molecular formula is C18H16Br2N2O4. The molecule has 1 aliphatic heterocycles. The lowest BCUT2D eigenvalue weighted by atomic mass is 10.0. The molecule has 0 radical (unpaired) electrons. The van der Waals surface area contributed by atoms with Gasteiger partial charge in [0.1, 0.15) is 0 Å². The SMILES string of the molecule is COC(=O)C1(O)[C@@H](C)N(c2ccc(Br)cc2)C(=O)N1c1ccc(Br)cc1. The Morgan fingerprint density at radius 1 is 1.04 bits per heavy atom. The Morgan fingerprint density at radius 3 is 1.96 bits per heavy atom. The molecular weight excluding hydrogens is 468 g/mol. The average molecular weight is 484 g/mol. The van der Waals surface area contributed by atoms with Crippen molar-refractivity contribution in [1.29, 1.82) is 0 Å². The van der Waals surface area contributed by atoms with Gasteiger partial charge in [0.15, 0.2) is 0 Å². The standard InChI is InChI=1S/C18H16Br2N2O4/c1-11-18(25,16(23)26-2)22(15-9-5-13(20)6-10-15)17(24)21(11)14-7-3-12(19)4-8-14/h3-11,25H,1-2H3/t11-,18?/m1/s1. The van der Waals surface area contributed by atoms with E-state index in [9.17, 15) is 14.7 Å². The quantitative estimate of drug-likeness (QED) is 0.672. The van der Waals surface area contributed by atoms with Crippen molar-refractivity contribution in [3.63, 3.8) is 0 Å². The van der Waals surface area contributed by atoms with Gasteiger partial charge in [-0.15, -0.1) is 0 Å². The first-order valence-electron chi connectivity index (χ1n) is 7.76. The van der Waals surface area contributed by atoms with Gasteiger partial charge in [-0.05, 0) is 55.5 Å². The maximum atomic E-state index is 13.2. The molecule has 1 fully saturated rings. The second-order valence-electron chi connectivity index (χ2n) is 5.83. The van der Waals surface area contributed by atoms with E-state index in [4.69, 9.17) is 4.74 Å². The summed E-state index contributed by atoms with van der Waals surface area (Å²) in [6.45, 7) is 1.61. The van der Waals surface area contributed by atoms with Crippen LogP contribution in [0.5, 0.6) is 0 Å². The molecule has 0 saturated carbocycles. The molecule has 1 saturated heterocycles. The predicted octanol–water partition coefficient (Wildman–Crippen LogP) is 3.91. The zero-order valence-electron chi connectivity index (χ0n) is 14.0. The number of hydrogen-bond acceptors (Lipinski definition) is 4. The van der Waals surface area contributed by atoms with Crippen LogP contribution >= 0.6 is 31.9 Å². The molecule has 1 heterocycles. The molecule has 1 N–H and O–H groups in total. The van der Waals surface area contributed by atoms with Crippen molar-refractivity contribution >= 4 is 55.2 Å². The van der Waals surface area contributed by atoms with E-state index in [2.05, 4.69) is 31.9 Å². The van der Waals surface area contributed by atoms with E-state index in [1.165, 1.54) is 12.0 Å². The number of amides is 2. The van der Waals surface area contributed by atoms with Crippen LogP contribution in [-0.4, -0.2) is 36.0 Å². The van der Waals surface area contributed by atoms with Crippen LogP contribution in [0.15, 0.2) is 57.5 Å². The van der Waals surface area contributed by atoms with Crippen molar-refractivity contribution in [2.24, 2.45) is 0 Å². The minimum absolute atomic E-state index is 0.387. The first-order chi connectivity index (χ1) is 12.3. The fourth-order valence-corrected chi connectivity index (χ4v) is 3.56. The number of carbonyl (C=O) groups excluding carboxylic acids is 2. The van der Waals surface area contributed by atoms with Crippen LogP contribution in [0.1, 0.15) is 6.92 Å². The van der Waals surface area contributed by atoms with Crippen molar-refractivity contribution in [3.05, 3.63) is 57.5 Å². The number of aliphatic hydroxyl groups is 1. The van der Waals surface area contributed by atoms with Gasteiger partial charge in [-0.1, -0.05) is 31.9 Å². The lowest BCUT2D eigenvalue weighted by molar-refractivity contribution is -0.161. The molecule has 3 rings (SSSR count). The number of halogens is 2. The van der Waals surface area contributed by atoms with Gasteiger partial charge in [0.25, 0.3) is 5.72 Å². The maximum Gasteiger partial charge on any atom is 0.362 e. The fourth-order valence-electron chi connectivity index (χ4n) is 3.03. The number of hydrogen-bond donors (Lipinski definition) is 1. The molecule has 1 aliphatic rings. The van der Waals surface area contributed by atoms with Crippen molar-refractivity contribution in [1.82, 2.24) is 0 Å². The van der Waals surface area contributed by atoms with Crippen molar-refractivity contribution in [2.45, 2.75) is 18.7 Å². The monoisotopic (exact) mass is 482 g/mol. The van der Waals surface area contributed by atoms with Gasteiger partial charge in [0.2, 0.25) is 0 Å². The normalized spacial score (nSPS) is 22.7. The summed E-state index contributed by atoms with van der Waals surface area (Å²) < 4.78 is 6.48. The van der Waals surface area contributed by atoms with Crippen molar-refractivity contribution in [3.8, 4) is 0 Å². The number of carbonyl (C=O) groups is 2. The van der Waals surface area contributed by atoms with Crippen molar-refractivity contribution in [2.75, 3.05) is 16.9 Å². The molecule has 0 aliphatic carbocycles. The number of nitrogens with zero attached hydrogens (tertiary/aromatic N) is 2. The smallest absolute Gasteiger partial charge is 0.362 e. The molecule has 26 heavy (non-hydrogen) atoms. The number of benzene rings is 2. The summed E-state index contributed by atoms with van der Waals surface area (Å²) in [5.74, 6) is -0.902. The van der Waals surface area contributed by atoms with Crippen LogP contribution in [0.3, 0.4) is 0 Å². The van der Waals surface area contributed by atoms with E-state index in [0.717, 1.165) is 13.8 Å². The summed E-state index contributed by atoms with van der Waals surface area (Å²) in [6.07, 6.45) is 0. The summed E-state index contributed by atoms with van der Waals surface area (Å²) in [5.41, 5.74) is -1.21. The lowest BCUT2D eigenvalue weighted by Gasteiger charge is -2.32. The van der Waals surface area contributed by atoms with Crippen LogP contribution in [0.25, 0.3) is 0 Å². The summed E-state index contributed by atoms with van der Waals surface area (Å²) >= 11 is 6.69. The number of rotatable bonds is 3. The van der Waals surface area contributed by atoms with Gasteiger partial charge in [0, 0.05) is 20.3 Å². The van der Waals surface area contributed by atoms with Gasteiger partial charge in [0.05, 0.1) is 13.2 Å². The zero-order chi connectivity index (χ0) is 19.1. The third kappa shape index (κ3) is 2.91. The van der Waals surface area contributed by atoms with Gasteiger partial charge in [-0.2, -0.15) is 0 Å². The van der Waals surface area contributed by atoms with E-state index in [0.29, 0.717) is 11.4 Å². The Kier molecular flexibility index (Phi) is 5.09. The second kappa shape index (κ2) is 7.02. The van der Waals surface area contributed by atoms with Gasteiger partial charge in [-0.3, -0.25) is 9.80 Å². The van der Waals surface area contributed by atoms with Crippen molar-refractivity contribution < 1.29 is 19.4 Å². The number of ether oxygens (including phenoxy) is 1. The number of esters is 1. The maximum absolute atomic E-state index is 13.2. The van der Waals surface area contributed by atoms with E-state index in [1.54, 1.807) is 55.5 Å². The van der Waals surface area contributed by atoms with Gasteiger partial charge in [-0.25, -0.2) is 9.59 Å². The third-order valence-electron chi connectivity index (χ3n) is 4.38. The summed E-state index contributed by atoms with van der Waals surface area (Å²) in [5, 5.41) is 11.2. The summed E-state index contributed by atoms with van der Waals surface area (Å²) in [4.78, 5) is 28.1. The van der Waals surface area contributed by atoms with E-state index in [-0.39, 0.29) is 0 Å². The summed E-state index contributed by atoms with van der Waals surface area (Å²) in [6, 6.07) is 12.4. The first-order valence-corrected chi connectivity index (χ1v) is 9.34. The predicted molar refractivity (Wildman–Crippen MR) is 105 cm³/mol. The largest absolute Gasteiger partial charge is 0.465 e. The van der Waals surface area contributed by atoms with E-state index < -0.39 is 23.8 Å². The molecule has 2 amide bonds. The highest BCUT2D eigenvalue weighted by Gasteiger charge is 2.61. The molecule has 6 nitrogen and oxygen atoms in total. The van der Waals surface area contributed by atoms with Crippen LogP contribution in [0.2, 0.25) is 0 Å². The first kappa shape index (κ1) is 18.9. The molecule has 2 atom stereocenters. The van der Waals surface area contributed by atoms with Crippen LogP contribution in [0, 0.1) is 0 Å². The Labute approximate surface area is 167 Å². The van der Waals surface area contributed by atoms with Crippen LogP contribution in [-0.2, 0) is 9.53 Å². The molecule has 0 aromatic heterocycles. The highest BCUT2D eigenvalue weighted by Crippen LogP contribution is 2.39. The van der Waals surface area contributed by atoms with E-state index in [1.807, 2.05) is 0 Å². The van der Waals surface area contributed by atoms with E-state index >= 15 is 0 Å². The molecule has 0 bridgehead atoms. The average Bonchev–Trinajstić information content (AvgIpc) is 2.83. The molecule has 2 aromatic rings. The molecule has 2 aromatic carbocycles. The minimum Gasteiger partial charge on any atom is -0.465 e. The lowest BCUT2D eigenvalue weighted by Crippen LogP contribution is -2.58. The number of anilines is 2. The molecule has 0 spiro atoms. The van der Waals surface area contributed by atoms with Crippen LogP contribution in [0.4, 0.5) is 16.2 Å². The second-order valence-corrected chi connectivity index (χ2v) is 7.67. The highest BCUT2D eigenvalue weighted by molar-refractivity contribution is 9.10. The molecule has 136 valence electrons. The van der Waals surface area contributed by atoms with Crippen LogP contribution < -0.4 is 9.80 Å². The number of methoxy groups -OCH3 is 1. The Balaban J connectivity index is 2.14. The Morgan fingerprint density at radius 2 is 1.50 bits per heavy atom. The highest BCUT2D eigenvalue weighted by atomic mass is 79.9. The molecule has 8 heteroatoms.